The van der Waals surface area contributed by atoms with E-state index in [0.29, 0.717) is 43.6 Å². The zero-order valence-electron chi connectivity index (χ0n) is 30.0. The van der Waals surface area contributed by atoms with Crippen molar-refractivity contribution in [1.82, 2.24) is 20.9 Å². The average molecular weight is 701 g/mol. The first-order chi connectivity index (χ1) is 23.3. The third kappa shape index (κ3) is 13.9. The molecule has 1 heterocycles. The Hall–Kier alpha value is -3.18. The molecular formula is C38H57ClN4O6. The van der Waals surface area contributed by atoms with Gasteiger partial charge >= 0.3 is 6.09 Å². The van der Waals surface area contributed by atoms with E-state index < -0.39 is 35.8 Å². The molecule has 2 aromatic rings. The molecule has 272 valence electrons. The Labute approximate surface area is 297 Å². The molecule has 3 rings (SSSR count). The minimum Gasteiger partial charge on any atom is -0.444 e. The van der Waals surface area contributed by atoms with Gasteiger partial charge < -0.3 is 35.4 Å². The van der Waals surface area contributed by atoms with Crippen LogP contribution < -0.4 is 16.0 Å². The minimum absolute atomic E-state index is 0.0333. The van der Waals surface area contributed by atoms with E-state index in [1.165, 1.54) is 0 Å². The number of alkyl carbamates (subject to hydrolysis) is 1. The molecule has 49 heavy (non-hydrogen) atoms. The zero-order chi connectivity index (χ0) is 36.0. The third-order valence-corrected chi connectivity index (χ3v) is 9.29. The maximum atomic E-state index is 14.2. The fourth-order valence-corrected chi connectivity index (χ4v) is 6.33. The minimum atomic E-state index is -1.11. The van der Waals surface area contributed by atoms with Gasteiger partial charge in [-0.2, -0.15) is 0 Å². The van der Waals surface area contributed by atoms with Gasteiger partial charge in [0.05, 0.1) is 18.8 Å². The number of carbonyl (C=O) groups is 3. The Morgan fingerprint density at radius 1 is 1.00 bits per heavy atom. The highest BCUT2D eigenvalue weighted by Gasteiger charge is 2.35. The second kappa shape index (κ2) is 19.9. The number of hydrogen-bond donors (Lipinski definition) is 4. The van der Waals surface area contributed by atoms with Crippen LogP contribution in [0.5, 0.6) is 0 Å². The van der Waals surface area contributed by atoms with Crippen LogP contribution in [0.25, 0.3) is 0 Å². The highest BCUT2D eigenvalue weighted by atomic mass is 35.5. The SMILES string of the molecule is CC[C@H](C)[C@H](NC(=O)C(Cc1cccc(Cl)c1)CC(O)C(Cc1ccccc1)NC(=O)OC(C)(C)C)C(=O)N1CCC(NCCOC)CC1. The van der Waals surface area contributed by atoms with Gasteiger partial charge in [0.2, 0.25) is 11.8 Å². The van der Waals surface area contributed by atoms with E-state index in [9.17, 15) is 19.5 Å². The number of aliphatic hydroxyl groups is 1. The second-order valence-electron chi connectivity index (χ2n) is 14.2. The smallest absolute Gasteiger partial charge is 0.407 e. The lowest BCUT2D eigenvalue weighted by atomic mass is 9.87. The van der Waals surface area contributed by atoms with Crippen LogP contribution >= 0.6 is 11.6 Å². The van der Waals surface area contributed by atoms with Crippen molar-refractivity contribution in [3.63, 3.8) is 0 Å². The molecule has 0 aromatic heterocycles. The number of hydrogen-bond acceptors (Lipinski definition) is 7. The first-order valence-electron chi connectivity index (χ1n) is 17.6. The molecule has 10 nitrogen and oxygen atoms in total. The fourth-order valence-electron chi connectivity index (χ4n) is 6.12. The van der Waals surface area contributed by atoms with Gasteiger partial charge in [-0.25, -0.2) is 4.79 Å². The van der Waals surface area contributed by atoms with Gasteiger partial charge in [0.15, 0.2) is 0 Å². The fraction of sp³-hybridized carbons (Fsp3) is 0.605. The second-order valence-corrected chi connectivity index (χ2v) is 14.6. The Kier molecular flexibility index (Phi) is 16.3. The number of ether oxygens (including phenoxy) is 2. The van der Waals surface area contributed by atoms with Gasteiger partial charge in [0.1, 0.15) is 11.6 Å². The number of aliphatic hydroxyl groups excluding tert-OH is 1. The molecule has 0 saturated carbocycles. The van der Waals surface area contributed by atoms with Crippen molar-refractivity contribution in [3.05, 3.63) is 70.7 Å². The highest BCUT2D eigenvalue weighted by molar-refractivity contribution is 6.30. The molecule has 2 aromatic carbocycles. The van der Waals surface area contributed by atoms with Gasteiger partial charge in [0.25, 0.3) is 0 Å². The van der Waals surface area contributed by atoms with Crippen LogP contribution in [0.3, 0.4) is 0 Å². The van der Waals surface area contributed by atoms with Gasteiger partial charge in [-0.1, -0.05) is 74.3 Å². The molecule has 1 aliphatic rings. The van der Waals surface area contributed by atoms with E-state index in [0.717, 1.165) is 30.5 Å². The van der Waals surface area contributed by atoms with Crippen molar-refractivity contribution >= 4 is 29.5 Å². The number of halogens is 1. The summed E-state index contributed by atoms with van der Waals surface area (Å²) in [7, 11) is 1.68. The number of nitrogens with one attached hydrogen (secondary N) is 3. The number of rotatable bonds is 17. The lowest BCUT2D eigenvalue weighted by molar-refractivity contribution is -0.140. The van der Waals surface area contributed by atoms with Crippen LogP contribution in [0.4, 0.5) is 4.79 Å². The van der Waals surface area contributed by atoms with Gasteiger partial charge in [-0.3, -0.25) is 9.59 Å². The molecular weight excluding hydrogens is 644 g/mol. The van der Waals surface area contributed by atoms with E-state index in [4.69, 9.17) is 21.1 Å². The molecule has 1 saturated heterocycles. The van der Waals surface area contributed by atoms with Crippen molar-refractivity contribution in [2.24, 2.45) is 11.8 Å². The summed E-state index contributed by atoms with van der Waals surface area (Å²) >= 11 is 6.31. The number of benzene rings is 2. The third-order valence-electron chi connectivity index (χ3n) is 9.06. The van der Waals surface area contributed by atoms with Crippen LogP contribution in [-0.2, 0) is 31.9 Å². The lowest BCUT2D eigenvalue weighted by Gasteiger charge is -2.36. The van der Waals surface area contributed by atoms with Crippen LogP contribution in [-0.4, -0.2) is 91.1 Å². The van der Waals surface area contributed by atoms with Gasteiger partial charge in [-0.15, -0.1) is 0 Å². The zero-order valence-corrected chi connectivity index (χ0v) is 30.8. The Balaban J connectivity index is 1.82. The van der Waals surface area contributed by atoms with Gasteiger partial charge in [0, 0.05) is 43.7 Å². The standard InChI is InChI=1S/C38H57ClN4O6/c1-7-26(2)34(36(46)43-19-16-31(17-20-43)40-18-21-48-6)42-35(45)29(22-28-14-11-15-30(39)23-28)25-33(44)32(24-27-12-9-8-10-13-27)41-37(47)49-38(3,4)5/h8-15,23,26,29,31-34,40,44H,7,16-22,24-25H2,1-6H3,(H,41,47)(H,42,45)/t26-,29?,32?,33?,34-/m0/s1. The quantitative estimate of drug-likeness (QED) is 0.168. The number of amides is 3. The predicted octanol–water partition coefficient (Wildman–Crippen LogP) is 5.14. The molecule has 3 amide bonds. The normalized spacial score (nSPS) is 17.0. The highest BCUT2D eigenvalue weighted by Crippen LogP contribution is 2.23. The Morgan fingerprint density at radius 3 is 2.29 bits per heavy atom. The van der Waals surface area contributed by atoms with E-state index >= 15 is 0 Å². The van der Waals surface area contributed by atoms with Crippen molar-refractivity contribution < 1.29 is 29.0 Å². The summed E-state index contributed by atoms with van der Waals surface area (Å²) in [5.74, 6) is -1.24. The van der Waals surface area contributed by atoms with Crippen LogP contribution in [0.2, 0.25) is 5.02 Å². The molecule has 1 fully saturated rings. The van der Waals surface area contributed by atoms with Crippen LogP contribution in [0, 0.1) is 11.8 Å². The average Bonchev–Trinajstić information content (AvgIpc) is 3.06. The number of piperidine rings is 1. The molecule has 0 bridgehead atoms. The summed E-state index contributed by atoms with van der Waals surface area (Å²) in [5.41, 5.74) is 1.02. The molecule has 5 atom stereocenters. The van der Waals surface area contributed by atoms with E-state index in [-0.39, 0.29) is 30.6 Å². The van der Waals surface area contributed by atoms with Crippen molar-refractivity contribution in [1.29, 1.82) is 0 Å². The van der Waals surface area contributed by atoms with E-state index in [1.54, 1.807) is 40.0 Å². The molecule has 0 radical (unpaired) electrons. The summed E-state index contributed by atoms with van der Waals surface area (Å²) in [5, 5.41) is 21.7. The first kappa shape index (κ1) is 40.3. The Morgan fingerprint density at radius 2 is 1.67 bits per heavy atom. The molecule has 0 aliphatic carbocycles. The summed E-state index contributed by atoms with van der Waals surface area (Å²) in [6, 6.07) is 15.7. The van der Waals surface area contributed by atoms with Crippen molar-refractivity contribution in [2.75, 3.05) is 33.4 Å². The van der Waals surface area contributed by atoms with Crippen molar-refractivity contribution in [2.45, 2.75) is 103 Å². The number of methoxy groups -OCH3 is 1. The first-order valence-corrected chi connectivity index (χ1v) is 17.9. The van der Waals surface area contributed by atoms with E-state index in [1.807, 2.05) is 61.2 Å². The van der Waals surface area contributed by atoms with E-state index in [2.05, 4.69) is 16.0 Å². The summed E-state index contributed by atoms with van der Waals surface area (Å²) in [4.78, 5) is 42.9. The molecule has 3 unspecified atom stereocenters. The number of carbonyl (C=O) groups excluding carboxylic acids is 3. The lowest BCUT2D eigenvalue weighted by Crippen LogP contribution is -2.56. The maximum absolute atomic E-state index is 14.2. The monoisotopic (exact) mass is 700 g/mol. The predicted molar refractivity (Wildman–Crippen MR) is 193 cm³/mol. The topological polar surface area (TPSA) is 129 Å². The molecule has 4 N–H and O–H groups in total. The molecule has 1 aliphatic heterocycles. The van der Waals surface area contributed by atoms with Crippen LogP contribution in [0.1, 0.15) is 71.4 Å². The number of likely N-dealkylation sites (tertiary alicyclic amines) is 1. The van der Waals surface area contributed by atoms with Crippen LogP contribution in [0.15, 0.2) is 54.6 Å². The number of nitrogens with zero attached hydrogens (tertiary/aromatic N) is 1. The van der Waals surface area contributed by atoms with Crippen molar-refractivity contribution in [3.8, 4) is 0 Å². The molecule has 0 spiro atoms. The maximum Gasteiger partial charge on any atom is 0.407 e. The van der Waals surface area contributed by atoms with Gasteiger partial charge in [-0.05, 0) is 82.1 Å². The molecule has 11 heteroatoms. The summed E-state index contributed by atoms with van der Waals surface area (Å²) in [6.07, 6.45) is 1.25. The summed E-state index contributed by atoms with van der Waals surface area (Å²) < 4.78 is 10.7. The summed E-state index contributed by atoms with van der Waals surface area (Å²) in [6.45, 7) is 11.9. The Bertz CT molecular complexity index is 1310. The largest absolute Gasteiger partial charge is 0.444 e.